The van der Waals surface area contributed by atoms with Crippen LogP contribution in [0.2, 0.25) is 0 Å². The lowest BCUT2D eigenvalue weighted by molar-refractivity contribution is 0.102. The van der Waals surface area contributed by atoms with Gasteiger partial charge in [-0.1, -0.05) is 0 Å². The molecule has 3 rings (SSSR count). The Labute approximate surface area is 118 Å². The largest absolute Gasteiger partial charge is 0.318 e. The van der Waals surface area contributed by atoms with Crippen LogP contribution in [-0.2, 0) is 0 Å². The second kappa shape index (κ2) is 4.93. The summed E-state index contributed by atoms with van der Waals surface area (Å²) in [5.74, 6) is -2.13. The van der Waals surface area contributed by atoms with Crippen LogP contribution in [0.5, 0.6) is 0 Å². The molecule has 0 aliphatic heterocycles. The SMILES string of the molecule is Cc1cc(C(=O)Nc2ccc(F)cc2F)nc2ccnn12. The van der Waals surface area contributed by atoms with Crippen LogP contribution >= 0.6 is 0 Å². The summed E-state index contributed by atoms with van der Waals surface area (Å²) in [6, 6.07) is 6.12. The van der Waals surface area contributed by atoms with Gasteiger partial charge < -0.3 is 5.32 Å². The number of amides is 1. The number of fused-ring (bicyclic) bond motifs is 1. The molecule has 1 N–H and O–H groups in total. The first-order chi connectivity index (χ1) is 10.0. The van der Waals surface area contributed by atoms with Crippen molar-refractivity contribution < 1.29 is 13.6 Å². The van der Waals surface area contributed by atoms with Gasteiger partial charge in [0.1, 0.15) is 17.3 Å². The molecule has 5 nitrogen and oxygen atoms in total. The van der Waals surface area contributed by atoms with E-state index in [0.29, 0.717) is 11.7 Å². The number of aryl methyl sites for hydroxylation is 1. The third-order valence-electron chi connectivity index (χ3n) is 2.95. The summed E-state index contributed by atoms with van der Waals surface area (Å²) < 4.78 is 27.9. The predicted octanol–water partition coefficient (Wildman–Crippen LogP) is 2.57. The van der Waals surface area contributed by atoms with Gasteiger partial charge in [-0.15, -0.1) is 0 Å². The molecule has 0 unspecified atom stereocenters. The first-order valence-corrected chi connectivity index (χ1v) is 6.12. The van der Waals surface area contributed by atoms with E-state index in [1.54, 1.807) is 23.7 Å². The van der Waals surface area contributed by atoms with Gasteiger partial charge in [0, 0.05) is 17.8 Å². The van der Waals surface area contributed by atoms with Gasteiger partial charge in [-0.2, -0.15) is 5.10 Å². The summed E-state index contributed by atoms with van der Waals surface area (Å²) in [5, 5.41) is 6.41. The van der Waals surface area contributed by atoms with Crippen molar-refractivity contribution in [1.29, 1.82) is 0 Å². The molecule has 0 aliphatic rings. The number of aromatic nitrogens is 3. The molecule has 1 amide bonds. The van der Waals surface area contributed by atoms with E-state index >= 15 is 0 Å². The number of carbonyl (C=O) groups excluding carboxylic acids is 1. The van der Waals surface area contributed by atoms with E-state index in [1.165, 1.54) is 6.07 Å². The molecule has 0 spiro atoms. The van der Waals surface area contributed by atoms with Crippen molar-refractivity contribution >= 4 is 17.2 Å². The van der Waals surface area contributed by atoms with E-state index in [-0.39, 0.29) is 11.4 Å². The fraction of sp³-hybridized carbons (Fsp3) is 0.0714. The molecule has 0 atom stereocenters. The summed E-state index contributed by atoms with van der Waals surface area (Å²) in [7, 11) is 0. The number of nitrogens with one attached hydrogen (secondary N) is 1. The second-order valence-electron chi connectivity index (χ2n) is 4.46. The average molecular weight is 288 g/mol. The first-order valence-electron chi connectivity index (χ1n) is 6.12. The Morgan fingerprint density at radius 3 is 2.81 bits per heavy atom. The van der Waals surface area contributed by atoms with Gasteiger partial charge in [0.15, 0.2) is 5.65 Å². The minimum absolute atomic E-state index is 0.103. The molecule has 0 saturated heterocycles. The number of carbonyl (C=O) groups is 1. The summed E-state index contributed by atoms with van der Waals surface area (Å²) in [5.41, 5.74) is 1.26. The van der Waals surface area contributed by atoms with E-state index in [4.69, 9.17) is 0 Å². The maximum absolute atomic E-state index is 13.5. The van der Waals surface area contributed by atoms with Crippen LogP contribution in [0.3, 0.4) is 0 Å². The zero-order valence-corrected chi connectivity index (χ0v) is 11.0. The van der Waals surface area contributed by atoms with Crippen LogP contribution in [0.1, 0.15) is 16.2 Å². The molecule has 0 aliphatic carbocycles. The molecule has 1 aromatic carbocycles. The van der Waals surface area contributed by atoms with Crippen molar-refractivity contribution in [3.05, 3.63) is 59.6 Å². The Balaban J connectivity index is 1.93. The van der Waals surface area contributed by atoms with Gasteiger partial charge in [-0.05, 0) is 25.1 Å². The Morgan fingerprint density at radius 2 is 2.05 bits per heavy atom. The molecule has 0 fully saturated rings. The number of nitrogens with zero attached hydrogens (tertiary/aromatic N) is 3. The zero-order valence-electron chi connectivity index (χ0n) is 11.0. The number of hydrogen-bond donors (Lipinski definition) is 1. The second-order valence-corrected chi connectivity index (χ2v) is 4.46. The predicted molar refractivity (Wildman–Crippen MR) is 72.0 cm³/mol. The molecule has 0 saturated carbocycles. The highest BCUT2D eigenvalue weighted by atomic mass is 19.1. The molecule has 21 heavy (non-hydrogen) atoms. The number of hydrogen-bond acceptors (Lipinski definition) is 3. The van der Waals surface area contributed by atoms with Crippen LogP contribution < -0.4 is 5.32 Å². The summed E-state index contributed by atoms with van der Waals surface area (Å²) >= 11 is 0. The topological polar surface area (TPSA) is 59.3 Å². The number of halogens is 2. The highest BCUT2D eigenvalue weighted by Crippen LogP contribution is 2.16. The smallest absolute Gasteiger partial charge is 0.274 e. The van der Waals surface area contributed by atoms with Gasteiger partial charge in [0.25, 0.3) is 5.91 Å². The molecule has 3 aromatic rings. The van der Waals surface area contributed by atoms with E-state index < -0.39 is 17.5 Å². The lowest BCUT2D eigenvalue weighted by atomic mass is 10.2. The molecule has 2 aromatic heterocycles. The van der Waals surface area contributed by atoms with E-state index in [9.17, 15) is 13.6 Å². The van der Waals surface area contributed by atoms with Crippen LogP contribution in [-0.4, -0.2) is 20.5 Å². The fourth-order valence-corrected chi connectivity index (χ4v) is 1.96. The van der Waals surface area contributed by atoms with Gasteiger partial charge in [-0.25, -0.2) is 18.3 Å². The van der Waals surface area contributed by atoms with Crippen molar-refractivity contribution in [1.82, 2.24) is 14.6 Å². The van der Waals surface area contributed by atoms with Gasteiger partial charge in [0.05, 0.1) is 11.9 Å². The maximum Gasteiger partial charge on any atom is 0.274 e. The number of benzene rings is 1. The van der Waals surface area contributed by atoms with Crippen LogP contribution in [0.4, 0.5) is 14.5 Å². The van der Waals surface area contributed by atoms with Gasteiger partial charge in [-0.3, -0.25) is 4.79 Å². The first kappa shape index (κ1) is 13.2. The Bertz CT molecular complexity index is 844. The van der Waals surface area contributed by atoms with E-state index in [1.807, 2.05) is 0 Å². The highest BCUT2D eigenvalue weighted by molar-refractivity contribution is 6.03. The monoisotopic (exact) mass is 288 g/mol. The molecular formula is C14H10F2N4O. The van der Waals surface area contributed by atoms with Crippen molar-refractivity contribution in [3.8, 4) is 0 Å². The quantitative estimate of drug-likeness (QED) is 0.788. The molecule has 106 valence electrons. The molecule has 2 heterocycles. The van der Waals surface area contributed by atoms with Crippen molar-refractivity contribution in [2.45, 2.75) is 6.92 Å². The lowest BCUT2D eigenvalue weighted by Gasteiger charge is -2.07. The van der Waals surface area contributed by atoms with Crippen molar-refractivity contribution in [2.24, 2.45) is 0 Å². The lowest BCUT2D eigenvalue weighted by Crippen LogP contribution is -2.16. The van der Waals surface area contributed by atoms with Crippen LogP contribution in [0, 0.1) is 18.6 Å². The third kappa shape index (κ3) is 2.45. The van der Waals surface area contributed by atoms with Gasteiger partial charge in [0.2, 0.25) is 0 Å². The highest BCUT2D eigenvalue weighted by Gasteiger charge is 2.13. The molecular weight excluding hydrogens is 278 g/mol. The minimum Gasteiger partial charge on any atom is -0.318 e. The third-order valence-corrected chi connectivity index (χ3v) is 2.95. The maximum atomic E-state index is 13.5. The Kier molecular flexibility index (Phi) is 3.09. The molecule has 0 radical (unpaired) electrons. The van der Waals surface area contributed by atoms with E-state index in [2.05, 4.69) is 15.4 Å². The van der Waals surface area contributed by atoms with Gasteiger partial charge >= 0.3 is 0 Å². The number of anilines is 1. The summed E-state index contributed by atoms with van der Waals surface area (Å²) in [6.07, 6.45) is 1.57. The normalized spacial score (nSPS) is 10.8. The average Bonchev–Trinajstić information content (AvgIpc) is 2.90. The Hall–Kier alpha value is -2.83. The molecule has 7 heteroatoms. The number of rotatable bonds is 2. The Morgan fingerprint density at radius 1 is 1.24 bits per heavy atom. The summed E-state index contributed by atoms with van der Waals surface area (Å²) in [6.45, 7) is 1.77. The van der Waals surface area contributed by atoms with E-state index in [0.717, 1.165) is 17.8 Å². The van der Waals surface area contributed by atoms with Crippen LogP contribution in [0.15, 0.2) is 36.5 Å². The minimum atomic E-state index is -0.842. The fourth-order valence-electron chi connectivity index (χ4n) is 1.96. The van der Waals surface area contributed by atoms with Crippen molar-refractivity contribution in [3.63, 3.8) is 0 Å². The summed E-state index contributed by atoms with van der Waals surface area (Å²) in [4.78, 5) is 16.2. The standard InChI is InChI=1S/C14H10F2N4O/c1-8-6-12(18-13-4-5-17-20(8)13)14(21)19-11-3-2-9(15)7-10(11)16/h2-7H,1H3,(H,19,21). The molecule has 0 bridgehead atoms. The van der Waals surface area contributed by atoms with Crippen molar-refractivity contribution in [2.75, 3.05) is 5.32 Å². The zero-order chi connectivity index (χ0) is 15.0. The van der Waals surface area contributed by atoms with Crippen LogP contribution in [0.25, 0.3) is 5.65 Å².